The van der Waals surface area contributed by atoms with Crippen molar-refractivity contribution >= 4 is 0 Å². The first-order chi connectivity index (χ1) is 9.68. The van der Waals surface area contributed by atoms with E-state index in [2.05, 4.69) is 20.6 Å². The Labute approximate surface area is 120 Å². The molecule has 0 bridgehead atoms. The lowest BCUT2D eigenvalue weighted by molar-refractivity contribution is -0.143. The molecule has 2 aromatic rings. The summed E-state index contributed by atoms with van der Waals surface area (Å²) in [5.74, 6) is 0.0341. The van der Waals surface area contributed by atoms with Crippen LogP contribution in [0.5, 0.6) is 0 Å². The Hall–Kier alpha value is -1.96. The molecule has 0 aromatic carbocycles. The van der Waals surface area contributed by atoms with Crippen LogP contribution in [0.15, 0.2) is 24.5 Å². The molecule has 0 aliphatic carbocycles. The maximum Gasteiger partial charge on any atom is 0.433 e. The molecular weight excluding hydrogens is 283 g/mol. The van der Waals surface area contributed by atoms with Crippen LogP contribution in [0.1, 0.15) is 32.0 Å². The van der Waals surface area contributed by atoms with E-state index < -0.39 is 11.9 Å². The number of alkyl halides is 3. The number of nitrogens with zero attached hydrogens (tertiary/aromatic N) is 4. The van der Waals surface area contributed by atoms with Crippen molar-refractivity contribution in [3.05, 3.63) is 35.8 Å². The summed E-state index contributed by atoms with van der Waals surface area (Å²) in [7, 11) is 0. The number of rotatable bonds is 3. The highest BCUT2D eigenvalue weighted by Gasteiger charge is 2.39. The summed E-state index contributed by atoms with van der Waals surface area (Å²) in [4.78, 5) is 0. The van der Waals surface area contributed by atoms with E-state index in [0.29, 0.717) is 0 Å². The number of aromatic nitrogens is 4. The van der Waals surface area contributed by atoms with Crippen molar-refractivity contribution in [2.45, 2.75) is 39.0 Å². The van der Waals surface area contributed by atoms with Crippen LogP contribution in [0.25, 0.3) is 5.82 Å². The molecule has 8 heteroatoms. The molecule has 0 saturated heterocycles. The van der Waals surface area contributed by atoms with Crippen molar-refractivity contribution in [3.63, 3.8) is 0 Å². The zero-order valence-corrected chi connectivity index (χ0v) is 11.9. The fourth-order valence-corrected chi connectivity index (χ4v) is 1.75. The molecule has 0 spiro atoms. The summed E-state index contributed by atoms with van der Waals surface area (Å²) in [6, 6.07) is 2.94. The molecule has 2 heterocycles. The highest BCUT2D eigenvalue weighted by molar-refractivity contribution is 5.30. The Morgan fingerprint density at radius 2 is 1.95 bits per heavy atom. The van der Waals surface area contributed by atoms with Crippen molar-refractivity contribution < 1.29 is 13.2 Å². The van der Waals surface area contributed by atoms with Crippen LogP contribution in [0.3, 0.4) is 0 Å². The normalized spacial score (nSPS) is 12.7. The summed E-state index contributed by atoms with van der Waals surface area (Å²) in [5, 5.41) is 14.1. The van der Waals surface area contributed by atoms with Gasteiger partial charge in [0.25, 0.3) is 0 Å². The van der Waals surface area contributed by atoms with Gasteiger partial charge in [-0.3, -0.25) is 0 Å². The summed E-state index contributed by atoms with van der Waals surface area (Å²) >= 11 is 0. The van der Waals surface area contributed by atoms with Crippen LogP contribution in [-0.2, 0) is 12.7 Å². The van der Waals surface area contributed by atoms with Gasteiger partial charge in [0.2, 0.25) is 0 Å². The van der Waals surface area contributed by atoms with Gasteiger partial charge < -0.3 is 5.32 Å². The molecule has 0 amide bonds. The monoisotopic (exact) mass is 299 g/mol. The van der Waals surface area contributed by atoms with Gasteiger partial charge in [-0.05, 0) is 32.9 Å². The Morgan fingerprint density at radius 3 is 2.48 bits per heavy atom. The average Bonchev–Trinajstić information content (AvgIpc) is 2.80. The predicted molar refractivity (Wildman–Crippen MR) is 70.7 cm³/mol. The largest absolute Gasteiger partial charge is 0.433 e. The molecule has 21 heavy (non-hydrogen) atoms. The molecule has 114 valence electrons. The number of nitrogens with one attached hydrogen (secondary N) is 1. The molecule has 1 N–H and O–H groups in total. The summed E-state index contributed by atoms with van der Waals surface area (Å²) in [5.41, 5.74) is -1.06. The first-order valence-corrected chi connectivity index (χ1v) is 6.36. The second-order valence-corrected chi connectivity index (χ2v) is 5.61. The van der Waals surface area contributed by atoms with Crippen molar-refractivity contribution in [1.29, 1.82) is 0 Å². The molecule has 0 atom stereocenters. The van der Waals surface area contributed by atoms with Crippen molar-refractivity contribution in [3.8, 4) is 5.82 Å². The van der Waals surface area contributed by atoms with E-state index >= 15 is 0 Å². The van der Waals surface area contributed by atoms with Crippen LogP contribution in [0, 0.1) is 0 Å². The first-order valence-electron chi connectivity index (χ1n) is 6.36. The van der Waals surface area contributed by atoms with Crippen LogP contribution in [0.4, 0.5) is 13.2 Å². The van der Waals surface area contributed by atoms with Crippen LogP contribution in [0.2, 0.25) is 0 Å². The van der Waals surface area contributed by atoms with Gasteiger partial charge in [0.1, 0.15) is 0 Å². The molecule has 0 aliphatic rings. The Bertz CT molecular complexity index is 599. The molecule has 0 aliphatic heterocycles. The molecule has 0 unspecified atom stereocenters. The minimum absolute atomic E-state index is 0.0341. The van der Waals surface area contributed by atoms with Crippen LogP contribution >= 0.6 is 0 Å². The quantitative estimate of drug-likeness (QED) is 0.946. The summed E-state index contributed by atoms with van der Waals surface area (Å²) in [6.45, 7) is 5.71. The second-order valence-electron chi connectivity index (χ2n) is 5.61. The third kappa shape index (κ3) is 3.78. The fraction of sp³-hybridized carbons (Fsp3) is 0.462. The van der Waals surface area contributed by atoms with E-state index in [-0.39, 0.29) is 23.5 Å². The highest BCUT2D eigenvalue weighted by atomic mass is 19.4. The van der Waals surface area contributed by atoms with Crippen molar-refractivity contribution in [2.24, 2.45) is 0 Å². The van der Waals surface area contributed by atoms with Gasteiger partial charge in [-0.15, -0.1) is 5.10 Å². The Morgan fingerprint density at radius 1 is 1.24 bits per heavy atom. The maximum atomic E-state index is 13.3. The third-order valence-electron chi connectivity index (χ3n) is 2.70. The number of hydrogen-bond donors (Lipinski definition) is 1. The molecular formula is C13H16F3N5. The number of halogens is 3. The van der Waals surface area contributed by atoms with E-state index in [1.807, 2.05) is 20.8 Å². The highest BCUT2D eigenvalue weighted by Crippen LogP contribution is 2.33. The minimum Gasteiger partial charge on any atom is -0.308 e. The van der Waals surface area contributed by atoms with Crippen molar-refractivity contribution in [2.75, 3.05) is 0 Å². The van der Waals surface area contributed by atoms with Gasteiger partial charge >= 0.3 is 6.18 Å². The second kappa shape index (κ2) is 5.44. The first kappa shape index (κ1) is 15.4. The van der Waals surface area contributed by atoms with E-state index in [1.165, 1.54) is 24.5 Å². The average molecular weight is 299 g/mol. The minimum atomic E-state index is -4.52. The lowest BCUT2D eigenvalue weighted by atomic mass is 10.1. The third-order valence-corrected chi connectivity index (χ3v) is 2.70. The van der Waals surface area contributed by atoms with E-state index in [0.717, 1.165) is 4.68 Å². The Balaban J connectivity index is 2.42. The van der Waals surface area contributed by atoms with Crippen LogP contribution < -0.4 is 5.32 Å². The molecule has 0 radical (unpaired) electrons. The van der Waals surface area contributed by atoms with Gasteiger partial charge in [0.05, 0.1) is 6.20 Å². The number of hydrogen-bond acceptors (Lipinski definition) is 4. The molecule has 0 fully saturated rings. The zero-order chi connectivity index (χ0) is 15.7. The van der Waals surface area contributed by atoms with Gasteiger partial charge in [-0.1, -0.05) is 0 Å². The summed E-state index contributed by atoms with van der Waals surface area (Å²) in [6.07, 6.45) is -1.93. The lowest BCUT2D eigenvalue weighted by Gasteiger charge is -2.21. The van der Waals surface area contributed by atoms with E-state index in [4.69, 9.17) is 0 Å². The van der Waals surface area contributed by atoms with E-state index in [1.54, 1.807) is 0 Å². The van der Waals surface area contributed by atoms with Gasteiger partial charge in [0, 0.05) is 23.8 Å². The Kier molecular flexibility index (Phi) is 3.99. The zero-order valence-electron chi connectivity index (χ0n) is 11.9. The molecule has 2 aromatic heterocycles. The molecule has 2 rings (SSSR count). The van der Waals surface area contributed by atoms with E-state index in [9.17, 15) is 13.2 Å². The van der Waals surface area contributed by atoms with Gasteiger partial charge in [-0.25, -0.2) is 4.68 Å². The molecule has 5 nitrogen and oxygen atoms in total. The SMILES string of the molecule is CC(C)(C)NCc1cnn(-c2cccnn2)c1C(F)(F)F. The fourth-order valence-electron chi connectivity index (χ4n) is 1.75. The smallest absolute Gasteiger partial charge is 0.308 e. The van der Waals surface area contributed by atoms with Crippen molar-refractivity contribution in [1.82, 2.24) is 25.3 Å². The predicted octanol–water partition coefficient (Wildman–Crippen LogP) is 2.57. The lowest BCUT2D eigenvalue weighted by Crippen LogP contribution is -2.35. The standard InChI is InChI=1S/C13H16F3N5/c1-12(2,3)17-7-9-8-19-21(11(9)13(14,15)16)10-5-4-6-18-20-10/h4-6,8,17H,7H2,1-3H3. The van der Waals surface area contributed by atoms with Gasteiger partial charge in [0.15, 0.2) is 11.5 Å². The molecule has 0 saturated carbocycles. The summed E-state index contributed by atoms with van der Waals surface area (Å²) < 4.78 is 40.7. The van der Waals surface area contributed by atoms with Crippen LogP contribution in [-0.4, -0.2) is 25.5 Å². The van der Waals surface area contributed by atoms with Gasteiger partial charge in [-0.2, -0.15) is 23.4 Å². The maximum absolute atomic E-state index is 13.3. The topological polar surface area (TPSA) is 55.6 Å².